The summed E-state index contributed by atoms with van der Waals surface area (Å²) in [6.07, 6.45) is -3.74. The van der Waals surface area contributed by atoms with Gasteiger partial charge >= 0.3 is 6.18 Å². The Labute approximate surface area is 107 Å². The van der Waals surface area contributed by atoms with Gasteiger partial charge in [0.1, 0.15) is 0 Å². The number of rotatable bonds is 2. The van der Waals surface area contributed by atoms with Gasteiger partial charge in [-0.25, -0.2) is 0 Å². The van der Waals surface area contributed by atoms with Gasteiger partial charge in [0.15, 0.2) is 5.78 Å². The minimum absolute atomic E-state index is 0.00248. The molecule has 0 saturated carbocycles. The zero-order valence-electron chi connectivity index (χ0n) is 9.46. The second kappa shape index (κ2) is 4.84. The molecular formula is C12H12F3NOS. The molecule has 1 heterocycles. The fourth-order valence-corrected chi connectivity index (χ4v) is 3.13. The predicted octanol–water partition coefficient (Wildman–Crippen LogP) is 3.22. The van der Waals surface area contributed by atoms with Crippen LogP contribution >= 0.6 is 11.8 Å². The van der Waals surface area contributed by atoms with Crippen molar-refractivity contribution in [2.45, 2.75) is 12.6 Å². The molecule has 1 aromatic carbocycles. The maximum Gasteiger partial charge on any atom is 0.416 e. The van der Waals surface area contributed by atoms with Crippen LogP contribution in [0.1, 0.15) is 22.3 Å². The van der Waals surface area contributed by atoms with E-state index < -0.39 is 11.7 Å². The van der Waals surface area contributed by atoms with E-state index in [0.717, 1.165) is 24.0 Å². The standard InChI is InChI=1S/C12H12F3NOS/c13-12(14,15)8-1-2-10(16)9(5-8)11(17)7-3-4-18-6-7/h1-2,5,7H,3-4,6,16H2. The van der Waals surface area contributed by atoms with Gasteiger partial charge in [-0.3, -0.25) is 4.79 Å². The fourth-order valence-electron chi connectivity index (χ4n) is 1.91. The lowest BCUT2D eigenvalue weighted by Crippen LogP contribution is -2.17. The third-order valence-electron chi connectivity index (χ3n) is 2.95. The number of carbonyl (C=O) groups is 1. The number of nitrogen functional groups attached to an aromatic ring is 1. The van der Waals surface area contributed by atoms with Gasteiger partial charge in [0.2, 0.25) is 0 Å². The number of carbonyl (C=O) groups excluding carboxylic acids is 1. The Morgan fingerprint density at radius 3 is 2.67 bits per heavy atom. The number of alkyl halides is 3. The summed E-state index contributed by atoms with van der Waals surface area (Å²) >= 11 is 1.64. The first-order valence-electron chi connectivity index (χ1n) is 5.48. The molecular weight excluding hydrogens is 263 g/mol. The van der Waals surface area contributed by atoms with E-state index in [1.807, 2.05) is 0 Å². The van der Waals surface area contributed by atoms with Gasteiger partial charge in [-0.05, 0) is 30.4 Å². The summed E-state index contributed by atoms with van der Waals surface area (Å²) in [7, 11) is 0. The summed E-state index contributed by atoms with van der Waals surface area (Å²) in [5.41, 5.74) is 4.89. The largest absolute Gasteiger partial charge is 0.416 e. The lowest BCUT2D eigenvalue weighted by molar-refractivity contribution is -0.137. The number of hydrogen-bond donors (Lipinski definition) is 1. The molecule has 18 heavy (non-hydrogen) atoms. The van der Waals surface area contributed by atoms with Crippen LogP contribution in [0.3, 0.4) is 0 Å². The summed E-state index contributed by atoms with van der Waals surface area (Å²) in [5.74, 6) is 1.05. The number of anilines is 1. The number of halogens is 3. The summed E-state index contributed by atoms with van der Waals surface area (Å²) in [5, 5.41) is 0. The Bertz CT molecular complexity index is 467. The van der Waals surface area contributed by atoms with Crippen LogP contribution in [0.4, 0.5) is 18.9 Å². The first-order valence-corrected chi connectivity index (χ1v) is 6.64. The van der Waals surface area contributed by atoms with Gasteiger partial charge in [-0.1, -0.05) is 0 Å². The first-order chi connectivity index (χ1) is 8.39. The number of Topliss-reactive ketones (excluding diaryl/α,β-unsaturated/α-hetero) is 1. The Morgan fingerprint density at radius 2 is 2.11 bits per heavy atom. The average Bonchev–Trinajstić information content (AvgIpc) is 2.80. The molecule has 0 bridgehead atoms. The van der Waals surface area contributed by atoms with Crippen molar-refractivity contribution >= 4 is 23.2 Å². The molecule has 0 aromatic heterocycles. The predicted molar refractivity (Wildman–Crippen MR) is 65.6 cm³/mol. The highest BCUT2D eigenvalue weighted by Crippen LogP contribution is 2.33. The smallest absolute Gasteiger partial charge is 0.398 e. The minimum atomic E-state index is -4.45. The number of thioether (sulfide) groups is 1. The van der Waals surface area contributed by atoms with Gasteiger partial charge in [-0.2, -0.15) is 24.9 Å². The summed E-state index contributed by atoms with van der Waals surface area (Å²) < 4.78 is 37.8. The van der Waals surface area contributed by atoms with Crippen LogP contribution in [0.5, 0.6) is 0 Å². The molecule has 2 nitrogen and oxygen atoms in total. The van der Waals surface area contributed by atoms with Crippen molar-refractivity contribution in [2.24, 2.45) is 5.92 Å². The van der Waals surface area contributed by atoms with E-state index in [4.69, 9.17) is 5.73 Å². The van der Waals surface area contributed by atoms with E-state index in [0.29, 0.717) is 12.2 Å². The van der Waals surface area contributed by atoms with E-state index in [-0.39, 0.29) is 23.0 Å². The number of ketones is 1. The second-order valence-corrected chi connectivity index (χ2v) is 5.37. The van der Waals surface area contributed by atoms with E-state index in [1.54, 1.807) is 11.8 Å². The average molecular weight is 275 g/mol. The monoisotopic (exact) mass is 275 g/mol. The molecule has 0 aliphatic carbocycles. The minimum Gasteiger partial charge on any atom is -0.398 e. The molecule has 1 aromatic rings. The van der Waals surface area contributed by atoms with Gasteiger partial charge < -0.3 is 5.73 Å². The molecule has 1 aliphatic rings. The van der Waals surface area contributed by atoms with E-state index in [9.17, 15) is 18.0 Å². The third kappa shape index (κ3) is 2.63. The Balaban J connectivity index is 2.34. The Morgan fingerprint density at radius 1 is 1.39 bits per heavy atom. The molecule has 1 unspecified atom stereocenters. The molecule has 98 valence electrons. The molecule has 2 rings (SSSR count). The van der Waals surface area contributed by atoms with Crippen LogP contribution in [-0.4, -0.2) is 17.3 Å². The van der Waals surface area contributed by atoms with Gasteiger partial charge in [0, 0.05) is 22.9 Å². The lowest BCUT2D eigenvalue weighted by atomic mass is 9.94. The van der Waals surface area contributed by atoms with E-state index >= 15 is 0 Å². The Kier molecular flexibility index (Phi) is 3.56. The molecule has 6 heteroatoms. The van der Waals surface area contributed by atoms with Crippen molar-refractivity contribution in [1.82, 2.24) is 0 Å². The second-order valence-electron chi connectivity index (χ2n) is 4.22. The SMILES string of the molecule is Nc1ccc(C(F)(F)F)cc1C(=O)C1CCSC1. The molecule has 0 amide bonds. The molecule has 1 saturated heterocycles. The number of benzene rings is 1. The summed E-state index contributed by atoms with van der Waals surface area (Å²) in [4.78, 5) is 12.1. The van der Waals surface area contributed by atoms with Gasteiger partial charge in [-0.15, -0.1) is 0 Å². The van der Waals surface area contributed by atoms with Crippen LogP contribution < -0.4 is 5.73 Å². The highest BCUT2D eigenvalue weighted by atomic mass is 32.2. The quantitative estimate of drug-likeness (QED) is 0.665. The molecule has 2 N–H and O–H groups in total. The molecule has 0 spiro atoms. The fraction of sp³-hybridized carbons (Fsp3) is 0.417. The first kappa shape index (κ1) is 13.3. The van der Waals surface area contributed by atoms with Crippen LogP contribution in [-0.2, 0) is 6.18 Å². The van der Waals surface area contributed by atoms with Crippen molar-refractivity contribution in [1.29, 1.82) is 0 Å². The molecule has 1 aliphatic heterocycles. The maximum atomic E-state index is 12.6. The van der Waals surface area contributed by atoms with Crippen LogP contribution in [0.15, 0.2) is 18.2 Å². The highest BCUT2D eigenvalue weighted by Gasteiger charge is 2.33. The van der Waals surface area contributed by atoms with Crippen LogP contribution in [0.25, 0.3) is 0 Å². The van der Waals surface area contributed by atoms with Gasteiger partial charge in [0.25, 0.3) is 0 Å². The molecule has 1 atom stereocenters. The van der Waals surface area contributed by atoms with Crippen molar-refractivity contribution in [3.63, 3.8) is 0 Å². The zero-order chi connectivity index (χ0) is 13.3. The third-order valence-corrected chi connectivity index (χ3v) is 4.11. The van der Waals surface area contributed by atoms with Crippen LogP contribution in [0.2, 0.25) is 0 Å². The normalized spacial score (nSPS) is 20.1. The number of nitrogens with two attached hydrogens (primary N) is 1. The van der Waals surface area contributed by atoms with E-state index in [2.05, 4.69) is 0 Å². The highest BCUT2D eigenvalue weighted by molar-refractivity contribution is 7.99. The van der Waals surface area contributed by atoms with Crippen molar-refractivity contribution in [3.8, 4) is 0 Å². The van der Waals surface area contributed by atoms with Crippen molar-refractivity contribution in [2.75, 3.05) is 17.2 Å². The van der Waals surface area contributed by atoms with Gasteiger partial charge in [0.05, 0.1) is 5.56 Å². The van der Waals surface area contributed by atoms with Crippen molar-refractivity contribution in [3.05, 3.63) is 29.3 Å². The maximum absolute atomic E-state index is 12.6. The summed E-state index contributed by atoms with van der Waals surface area (Å²) in [6.45, 7) is 0. The number of hydrogen-bond acceptors (Lipinski definition) is 3. The topological polar surface area (TPSA) is 43.1 Å². The van der Waals surface area contributed by atoms with E-state index in [1.165, 1.54) is 0 Å². The molecule has 0 radical (unpaired) electrons. The zero-order valence-corrected chi connectivity index (χ0v) is 10.3. The lowest BCUT2D eigenvalue weighted by Gasteiger charge is -2.13. The van der Waals surface area contributed by atoms with Crippen molar-refractivity contribution < 1.29 is 18.0 Å². The Hall–Kier alpha value is -1.17. The molecule has 1 fully saturated rings. The van der Waals surface area contributed by atoms with Crippen LogP contribution in [0, 0.1) is 5.92 Å². The summed E-state index contributed by atoms with van der Waals surface area (Å²) in [6, 6.07) is 2.91.